The van der Waals surface area contributed by atoms with Gasteiger partial charge in [0.25, 0.3) is 11.8 Å². The van der Waals surface area contributed by atoms with Crippen LogP contribution in [0.5, 0.6) is 0 Å². The molecule has 6 nitrogen and oxygen atoms in total. The number of rotatable bonds is 7. The molecule has 2 heterocycles. The average molecular weight is 455 g/mol. The minimum atomic E-state index is -0.450. The van der Waals surface area contributed by atoms with Crippen LogP contribution in [-0.2, 0) is 19.5 Å². The maximum absolute atomic E-state index is 14.1. The van der Waals surface area contributed by atoms with Crippen molar-refractivity contribution in [3.05, 3.63) is 88.0 Å². The highest BCUT2D eigenvalue weighted by atomic mass is 35.5. The SMILES string of the molecule is C[C@H](CCc1ccccc1)NC(=O)c1cc2n(n1)CCN(Cc1c(F)cccc1Cl)C2=O. The first-order valence-electron chi connectivity index (χ1n) is 10.6. The molecule has 1 aromatic heterocycles. The molecule has 2 aromatic carbocycles. The van der Waals surface area contributed by atoms with Crippen molar-refractivity contribution in [1.29, 1.82) is 0 Å². The van der Waals surface area contributed by atoms with E-state index in [1.807, 2.05) is 25.1 Å². The zero-order chi connectivity index (χ0) is 22.7. The molecule has 1 aliphatic heterocycles. The molecule has 32 heavy (non-hydrogen) atoms. The van der Waals surface area contributed by atoms with Gasteiger partial charge in [0.15, 0.2) is 5.69 Å². The summed E-state index contributed by atoms with van der Waals surface area (Å²) in [6.07, 6.45) is 1.65. The monoisotopic (exact) mass is 454 g/mol. The van der Waals surface area contributed by atoms with E-state index in [4.69, 9.17) is 11.6 Å². The lowest BCUT2D eigenvalue weighted by Gasteiger charge is -2.27. The number of halogens is 2. The Bertz CT molecular complexity index is 1110. The Morgan fingerprint density at radius 2 is 1.97 bits per heavy atom. The summed E-state index contributed by atoms with van der Waals surface area (Å²) in [4.78, 5) is 27.1. The van der Waals surface area contributed by atoms with Crippen LogP contribution >= 0.6 is 11.6 Å². The number of fused-ring (bicyclic) bond motifs is 1. The standard InChI is InChI=1S/C24H24ClFN4O2/c1-16(10-11-17-6-3-2-4-7-17)27-23(31)21-14-22-24(32)29(12-13-30(22)28-21)15-18-19(25)8-5-9-20(18)26/h2-9,14,16H,10-13,15H2,1H3,(H,27,31)/t16-/m1/s1. The van der Waals surface area contributed by atoms with Crippen molar-refractivity contribution in [2.75, 3.05) is 6.54 Å². The number of hydrogen-bond donors (Lipinski definition) is 1. The van der Waals surface area contributed by atoms with Crippen molar-refractivity contribution in [3.63, 3.8) is 0 Å². The van der Waals surface area contributed by atoms with E-state index in [0.29, 0.717) is 18.8 Å². The number of benzene rings is 2. The lowest BCUT2D eigenvalue weighted by molar-refractivity contribution is 0.0681. The van der Waals surface area contributed by atoms with Crippen molar-refractivity contribution in [2.24, 2.45) is 0 Å². The van der Waals surface area contributed by atoms with Crippen LogP contribution < -0.4 is 5.32 Å². The molecule has 0 saturated carbocycles. The van der Waals surface area contributed by atoms with Gasteiger partial charge < -0.3 is 10.2 Å². The quantitative estimate of drug-likeness (QED) is 0.585. The molecule has 0 aliphatic carbocycles. The van der Waals surface area contributed by atoms with E-state index >= 15 is 0 Å². The van der Waals surface area contributed by atoms with Crippen LogP contribution in [0.2, 0.25) is 5.02 Å². The molecule has 4 rings (SSSR count). The number of carbonyl (C=O) groups excluding carboxylic acids is 2. The van der Waals surface area contributed by atoms with Gasteiger partial charge in [-0.25, -0.2) is 4.39 Å². The fourth-order valence-electron chi connectivity index (χ4n) is 3.77. The minimum absolute atomic E-state index is 0.0446. The van der Waals surface area contributed by atoms with Gasteiger partial charge in [-0.1, -0.05) is 48.0 Å². The van der Waals surface area contributed by atoms with Gasteiger partial charge in [0.1, 0.15) is 11.5 Å². The molecular weight excluding hydrogens is 431 g/mol. The molecule has 1 atom stereocenters. The maximum atomic E-state index is 14.1. The molecule has 0 saturated heterocycles. The van der Waals surface area contributed by atoms with Gasteiger partial charge in [0, 0.05) is 29.2 Å². The Hall–Kier alpha value is -3.19. The molecular formula is C24H24ClFN4O2. The summed E-state index contributed by atoms with van der Waals surface area (Å²) in [7, 11) is 0. The van der Waals surface area contributed by atoms with Crippen LogP contribution in [0.3, 0.4) is 0 Å². The van der Waals surface area contributed by atoms with E-state index in [2.05, 4.69) is 22.5 Å². The Labute approximate surface area is 191 Å². The van der Waals surface area contributed by atoms with Gasteiger partial charge >= 0.3 is 0 Å². The van der Waals surface area contributed by atoms with Gasteiger partial charge in [-0.15, -0.1) is 0 Å². The third-order valence-corrected chi connectivity index (χ3v) is 5.95. The molecule has 8 heteroatoms. The molecule has 1 aliphatic rings. The maximum Gasteiger partial charge on any atom is 0.272 e. The molecule has 3 aromatic rings. The summed E-state index contributed by atoms with van der Waals surface area (Å²) in [6, 6.07) is 16.0. The van der Waals surface area contributed by atoms with Crippen molar-refractivity contribution in [2.45, 2.75) is 38.9 Å². The molecule has 0 spiro atoms. The number of amides is 2. The zero-order valence-electron chi connectivity index (χ0n) is 17.7. The number of hydrogen-bond acceptors (Lipinski definition) is 3. The number of nitrogens with zero attached hydrogens (tertiary/aromatic N) is 3. The van der Waals surface area contributed by atoms with E-state index in [1.54, 1.807) is 6.07 Å². The summed E-state index contributed by atoms with van der Waals surface area (Å²) in [5.74, 6) is -1.07. The van der Waals surface area contributed by atoms with Crippen LogP contribution in [-0.4, -0.2) is 39.1 Å². The molecule has 0 radical (unpaired) electrons. The second-order valence-corrected chi connectivity index (χ2v) is 8.37. The van der Waals surface area contributed by atoms with Crippen LogP contribution in [0.25, 0.3) is 0 Å². The Balaban J connectivity index is 1.40. The topological polar surface area (TPSA) is 67.2 Å². The highest BCUT2D eigenvalue weighted by molar-refractivity contribution is 6.31. The normalized spacial score (nSPS) is 14.2. The third kappa shape index (κ3) is 4.83. The number of aryl methyl sites for hydroxylation is 1. The van der Waals surface area contributed by atoms with E-state index in [0.717, 1.165) is 12.8 Å². The lowest BCUT2D eigenvalue weighted by atomic mass is 10.1. The van der Waals surface area contributed by atoms with Gasteiger partial charge in [-0.2, -0.15) is 5.10 Å². The predicted octanol–water partition coefficient (Wildman–Crippen LogP) is 4.08. The largest absolute Gasteiger partial charge is 0.348 e. The van der Waals surface area contributed by atoms with Gasteiger partial charge in [0.05, 0.1) is 13.1 Å². The number of carbonyl (C=O) groups is 2. The zero-order valence-corrected chi connectivity index (χ0v) is 18.5. The van der Waals surface area contributed by atoms with Crippen molar-refractivity contribution >= 4 is 23.4 Å². The second-order valence-electron chi connectivity index (χ2n) is 7.96. The molecule has 0 fully saturated rings. The predicted molar refractivity (Wildman–Crippen MR) is 120 cm³/mol. The highest BCUT2D eigenvalue weighted by Gasteiger charge is 2.29. The van der Waals surface area contributed by atoms with E-state index in [-0.39, 0.29) is 40.7 Å². The van der Waals surface area contributed by atoms with Crippen molar-refractivity contribution < 1.29 is 14.0 Å². The van der Waals surface area contributed by atoms with Gasteiger partial charge in [-0.3, -0.25) is 14.3 Å². The lowest BCUT2D eigenvalue weighted by Crippen LogP contribution is -2.40. The van der Waals surface area contributed by atoms with E-state index in [1.165, 1.54) is 33.3 Å². The molecule has 1 N–H and O–H groups in total. The number of nitrogens with one attached hydrogen (secondary N) is 1. The average Bonchev–Trinajstić information content (AvgIpc) is 3.23. The molecule has 166 valence electrons. The van der Waals surface area contributed by atoms with Crippen LogP contribution in [0, 0.1) is 5.82 Å². The van der Waals surface area contributed by atoms with E-state index in [9.17, 15) is 14.0 Å². The molecule has 0 bridgehead atoms. The summed E-state index contributed by atoms with van der Waals surface area (Å²) in [6.45, 7) is 2.78. The molecule has 2 amide bonds. The first-order chi connectivity index (χ1) is 15.4. The summed E-state index contributed by atoms with van der Waals surface area (Å²) >= 11 is 6.11. The highest BCUT2D eigenvalue weighted by Crippen LogP contribution is 2.23. The summed E-state index contributed by atoms with van der Waals surface area (Å²) in [5.41, 5.74) is 2.00. The first kappa shape index (κ1) is 22.0. The van der Waals surface area contributed by atoms with Crippen LogP contribution in [0.4, 0.5) is 4.39 Å². The fraction of sp³-hybridized carbons (Fsp3) is 0.292. The Kier molecular flexibility index (Phi) is 6.55. The van der Waals surface area contributed by atoms with E-state index < -0.39 is 5.82 Å². The smallest absolute Gasteiger partial charge is 0.272 e. The van der Waals surface area contributed by atoms with Gasteiger partial charge in [0.2, 0.25) is 0 Å². The second kappa shape index (κ2) is 9.53. The summed E-state index contributed by atoms with van der Waals surface area (Å²) < 4.78 is 15.7. The number of aromatic nitrogens is 2. The van der Waals surface area contributed by atoms with Crippen LogP contribution in [0.15, 0.2) is 54.6 Å². The first-order valence-corrected chi connectivity index (χ1v) is 10.9. The van der Waals surface area contributed by atoms with Crippen molar-refractivity contribution in [1.82, 2.24) is 20.0 Å². The Morgan fingerprint density at radius 3 is 2.72 bits per heavy atom. The van der Waals surface area contributed by atoms with Gasteiger partial charge in [-0.05, 0) is 37.5 Å². The van der Waals surface area contributed by atoms with Crippen LogP contribution in [0.1, 0.15) is 45.4 Å². The molecule has 0 unspecified atom stereocenters. The minimum Gasteiger partial charge on any atom is -0.348 e. The Morgan fingerprint density at radius 1 is 1.19 bits per heavy atom. The van der Waals surface area contributed by atoms with Crippen molar-refractivity contribution in [3.8, 4) is 0 Å². The third-order valence-electron chi connectivity index (χ3n) is 5.60. The summed E-state index contributed by atoms with van der Waals surface area (Å²) in [5, 5.41) is 7.53. The fourth-order valence-corrected chi connectivity index (χ4v) is 3.99.